The molecule has 2 amide bonds. The molecule has 0 aromatic rings. The maximum absolute atomic E-state index is 11.5. The summed E-state index contributed by atoms with van der Waals surface area (Å²) < 4.78 is 5.07. The third kappa shape index (κ3) is 7.57. The minimum Gasteiger partial charge on any atom is -0.444 e. The monoisotopic (exact) mass is 245 g/mol. The first-order valence-electron chi connectivity index (χ1n) is 5.80. The number of nitrogens with two attached hydrogens (primary N) is 1. The van der Waals surface area contributed by atoms with Crippen LogP contribution in [-0.4, -0.2) is 23.6 Å². The Bertz CT molecular complexity index is 261. The van der Waals surface area contributed by atoms with Crippen molar-refractivity contribution in [3.63, 3.8) is 0 Å². The molecule has 4 N–H and O–H groups in total. The van der Waals surface area contributed by atoms with Gasteiger partial charge in [-0.2, -0.15) is 0 Å². The van der Waals surface area contributed by atoms with Crippen LogP contribution in [-0.2, 0) is 9.53 Å². The molecule has 0 aromatic heterocycles. The molecule has 0 fully saturated rings. The molecule has 6 heteroatoms. The predicted molar refractivity (Wildman–Crippen MR) is 65.0 cm³/mol. The second kappa shape index (κ2) is 7.11. The van der Waals surface area contributed by atoms with Crippen molar-refractivity contribution in [1.82, 2.24) is 10.7 Å². The van der Waals surface area contributed by atoms with Crippen LogP contribution in [0, 0.1) is 0 Å². The summed E-state index contributed by atoms with van der Waals surface area (Å²) in [6.07, 6.45) is 1.69. The number of hydrogen-bond acceptors (Lipinski definition) is 4. The van der Waals surface area contributed by atoms with Crippen LogP contribution in [0.1, 0.15) is 47.0 Å². The molecule has 0 heterocycles. The first kappa shape index (κ1) is 15.7. The third-order valence-corrected chi connectivity index (χ3v) is 2.00. The molecule has 0 aliphatic heterocycles. The number of nitrogens with one attached hydrogen (secondary N) is 2. The average molecular weight is 245 g/mol. The van der Waals surface area contributed by atoms with Gasteiger partial charge in [0.25, 0.3) is 5.91 Å². The van der Waals surface area contributed by atoms with E-state index in [0.29, 0.717) is 6.42 Å². The summed E-state index contributed by atoms with van der Waals surface area (Å²) in [6.45, 7) is 7.29. The van der Waals surface area contributed by atoms with Crippen LogP contribution in [0.15, 0.2) is 0 Å². The maximum atomic E-state index is 11.5. The number of rotatable bonds is 5. The molecule has 0 aliphatic rings. The van der Waals surface area contributed by atoms with Crippen molar-refractivity contribution < 1.29 is 14.3 Å². The Labute approximate surface area is 102 Å². The predicted octanol–water partition coefficient (Wildman–Crippen LogP) is 1.06. The van der Waals surface area contributed by atoms with E-state index in [1.807, 2.05) is 12.3 Å². The molecule has 0 bridgehead atoms. The summed E-state index contributed by atoms with van der Waals surface area (Å²) >= 11 is 0. The van der Waals surface area contributed by atoms with Crippen molar-refractivity contribution in [3.05, 3.63) is 0 Å². The lowest BCUT2D eigenvalue weighted by Crippen LogP contribution is -2.50. The second-order valence-corrected chi connectivity index (χ2v) is 4.85. The van der Waals surface area contributed by atoms with Crippen LogP contribution in [0.3, 0.4) is 0 Å². The van der Waals surface area contributed by atoms with E-state index in [9.17, 15) is 9.59 Å². The average Bonchev–Trinajstić information content (AvgIpc) is 2.20. The van der Waals surface area contributed by atoms with Crippen molar-refractivity contribution >= 4 is 12.0 Å². The molecule has 1 unspecified atom stereocenters. The van der Waals surface area contributed by atoms with E-state index in [0.717, 1.165) is 12.8 Å². The molecule has 17 heavy (non-hydrogen) atoms. The van der Waals surface area contributed by atoms with Gasteiger partial charge in [0.05, 0.1) is 0 Å². The molecule has 0 aromatic carbocycles. The first-order chi connectivity index (χ1) is 7.80. The molecule has 0 spiro atoms. The van der Waals surface area contributed by atoms with E-state index in [1.165, 1.54) is 0 Å². The third-order valence-electron chi connectivity index (χ3n) is 2.00. The van der Waals surface area contributed by atoms with E-state index in [2.05, 4.69) is 5.32 Å². The number of ether oxygens (including phenoxy) is 1. The van der Waals surface area contributed by atoms with Crippen LogP contribution in [0.2, 0.25) is 0 Å². The van der Waals surface area contributed by atoms with Crippen molar-refractivity contribution in [2.24, 2.45) is 5.84 Å². The van der Waals surface area contributed by atoms with Gasteiger partial charge >= 0.3 is 6.09 Å². The van der Waals surface area contributed by atoms with Gasteiger partial charge in [-0.25, -0.2) is 10.6 Å². The second-order valence-electron chi connectivity index (χ2n) is 4.85. The van der Waals surface area contributed by atoms with Gasteiger partial charge in [-0.15, -0.1) is 0 Å². The van der Waals surface area contributed by atoms with Crippen LogP contribution in [0.4, 0.5) is 4.79 Å². The van der Waals surface area contributed by atoms with Gasteiger partial charge in [-0.05, 0) is 27.2 Å². The Balaban J connectivity index is 4.32. The minimum absolute atomic E-state index is 0.413. The van der Waals surface area contributed by atoms with Gasteiger partial charge in [0, 0.05) is 0 Å². The zero-order valence-corrected chi connectivity index (χ0v) is 11.0. The van der Waals surface area contributed by atoms with Crippen molar-refractivity contribution in [2.75, 3.05) is 0 Å². The summed E-state index contributed by atoms with van der Waals surface area (Å²) in [5, 5.41) is 2.51. The Kier molecular flexibility index (Phi) is 6.57. The number of hydrazine groups is 1. The van der Waals surface area contributed by atoms with Gasteiger partial charge in [0.1, 0.15) is 11.6 Å². The van der Waals surface area contributed by atoms with Crippen LogP contribution in [0.25, 0.3) is 0 Å². The maximum Gasteiger partial charge on any atom is 0.408 e. The van der Waals surface area contributed by atoms with E-state index >= 15 is 0 Å². The largest absolute Gasteiger partial charge is 0.444 e. The lowest BCUT2D eigenvalue weighted by atomic mass is 10.1. The zero-order valence-electron chi connectivity index (χ0n) is 11.0. The number of unbranched alkanes of at least 4 members (excludes halogenated alkanes) is 1. The van der Waals surface area contributed by atoms with Gasteiger partial charge in [0.2, 0.25) is 0 Å². The van der Waals surface area contributed by atoms with Gasteiger partial charge in [-0.1, -0.05) is 19.8 Å². The Morgan fingerprint density at radius 1 is 1.35 bits per heavy atom. The number of amides is 2. The number of alkyl carbamates (subject to hydrolysis) is 1. The highest BCUT2D eigenvalue weighted by atomic mass is 16.6. The number of hydrogen-bond donors (Lipinski definition) is 3. The van der Waals surface area contributed by atoms with Crippen LogP contribution in [0.5, 0.6) is 0 Å². The zero-order chi connectivity index (χ0) is 13.5. The molecule has 1 atom stereocenters. The van der Waals surface area contributed by atoms with Gasteiger partial charge in [0.15, 0.2) is 0 Å². The Morgan fingerprint density at radius 2 is 1.94 bits per heavy atom. The topological polar surface area (TPSA) is 93.4 Å². The highest BCUT2D eigenvalue weighted by Crippen LogP contribution is 2.08. The summed E-state index contributed by atoms with van der Waals surface area (Å²) in [7, 11) is 0. The molecular weight excluding hydrogens is 222 g/mol. The summed E-state index contributed by atoms with van der Waals surface area (Å²) in [5.41, 5.74) is 1.45. The van der Waals surface area contributed by atoms with Crippen LogP contribution < -0.4 is 16.6 Å². The van der Waals surface area contributed by atoms with E-state index < -0.39 is 23.6 Å². The highest BCUT2D eigenvalue weighted by Gasteiger charge is 2.23. The normalized spacial score (nSPS) is 12.8. The Morgan fingerprint density at radius 3 is 2.35 bits per heavy atom. The van der Waals surface area contributed by atoms with Gasteiger partial charge < -0.3 is 10.1 Å². The molecule has 0 radical (unpaired) electrons. The molecule has 100 valence electrons. The lowest BCUT2D eigenvalue weighted by molar-refractivity contribution is -0.123. The lowest BCUT2D eigenvalue weighted by Gasteiger charge is -2.22. The first-order valence-corrected chi connectivity index (χ1v) is 5.80. The van der Waals surface area contributed by atoms with Crippen molar-refractivity contribution in [3.8, 4) is 0 Å². The minimum atomic E-state index is -0.644. The summed E-state index contributed by atoms with van der Waals surface area (Å²) in [4.78, 5) is 22.9. The number of carbonyl (C=O) groups is 2. The van der Waals surface area contributed by atoms with Crippen LogP contribution >= 0.6 is 0 Å². The van der Waals surface area contributed by atoms with E-state index in [1.54, 1.807) is 20.8 Å². The molecule has 0 saturated heterocycles. The van der Waals surface area contributed by atoms with E-state index in [4.69, 9.17) is 10.6 Å². The molecule has 0 saturated carbocycles. The number of carbonyl (C=O) groups excluding carboxylic acids is 2. The fourth-order valence-electron chi connectivity index (χ4n) is 1.23. The SMILES string of the molecule is CCCCC(NC(=O)OC(C)(C)C)C(=O)NN. The fraction of sp³-hybridized carbons (Fsp3) is 0.818. The Hall–Kier alpha value is -1.30. The molecular formula is C11H23N3O3. The smallest absolute Gasteiger partial charge is 0.408 e. The standard InChI is InChI=1S/C11H23N3O3/c1-5-6-7-8(9(15)14-12)13-10(16)17-11(2,3)4/h8H,5-7,12H2,1-4H3,(H,13,16)(H,14,15). The van der Waals surface area contributed by atoms with Gasteiger partial charge in [-0.3, -0.25) is 10.2 Å². The molecule has 0 aliphatic carbocycles. The van der Waals surface area contributed by atoms with E-state index in [-0.39, 0.29) is 0 Å². The molecule has 0 rings (SSSR count). The van der Waals surface area contributed by atoms with Crippen molar-refractivity contribution in [1.29, 1.82) is 0 Å². The fourth-order valence-corrected chi connectivity index (χ4v) is 1.23. The quantitative estimate of drug-likeness (QED) is 0.383. The summed E-state index contributed by atoms with van der Waals surface area (Å²) in [5.74, 6) is 4.64. The van der Waals surface area contributed by atoms with Crippen molar-refractivity contribution in [2.45, 2.75) is 58.6 Å². The molecule has 6 nitrogen and oxygen atoms in total. The highest BCUT2D eigenvalue weighted by molar-refractivity contribution is 5.85. The summed E-state index contributed by atoms with van der Waals surface area (Å²) in [6, 6.07) is -0.644.